The minimum absolute atomic E-state index is 0.0250. The molecule has 23 heavy (non-hydrogen) atoms. The van der Waals surface area contributed by atoms with Crippen LogP contribution in [-0.4, -0.2) is 63.1 Å². The first-order chi connectivity index (χ1) is 11.1. The summed E-state index contributed by atoms with van der Waals surface area (Å²) >= 11 is 0. The van der Waals surface area contributed by atoms with Crippen LogP contribution >= 0.6 is 0 Å². The molecule has 1 aliphatic heterocycles. The molecule has 8 heteroatoms. The number of rotatable bonds is 5. The lowest BCUT2D eigenvalue weighted by molar-refractivity contribution is -0.385. The minimum Gasteiger partial charge on any atom is -0.340 e. The summed E-state index contributed by atoms with van der Waals surface area (Å²) < 4.78 is 1.61. The standard InChI is InChI=1S/C15H23N5O3/c21-15(13-3-1-2-4-13)18-8-5-17(6-9-18)7-10-19-12-14(11-16-19)20(22)23/h11-13H,1-10H2. The molecule has 126 valence electrons. The fourth-order valence-electron chi connectivity index (χ4n) is 3.44. The van der Waals surface area contributed by atoms with E-state index in [0.29, 0.717) is 12.5 Å². The zero-order chi connectivity index (χ0) is 16.2. The van der Waals surface area contributed by atoms with Crippen molar-refractivity contribution in [1.82, 2.24) is 19.6 Å². The van der Waals surface area contributed by atoms with Crippen molar-refractivity contribution in [2.24, 2.45) is 5.92 Å². The molecule has 2 aliphatic rings. The van der Waals surface area contributed by atoms with Crippen LogP contribution in [0.2, 0.25) is 0 Å². The first-order valence-electron chi connectivity index (χ1n) is 8.31. The number of aromatic nitrogens is 2. The van der Waals surface area contributed by atoms with E-state index in [1.54, 1.807) is 4.68 Å². The van der Waals surface area contributed by atoms with Gasteiger partial charge in [0.1, 0.15) is 12.4 Å². The minimum atomic E-state index is -0.434. The Morgan fingerprint density at radius 2 is 1.91 bits per heavy atom. The summed E-state index contributed by atoms with van der Waals surface area (Å²) in [4.78, 5) is 26.9. The summed E-state index contributed by atoms with van der Waals surface area (Å²) in [6.45, 7) is 4.72. The zero-order valence-electron chi connectivity index (χ0n) is 13.3. The molecule has 3 rings (SSSR count). The second-order valence-electron chi connectivity index (χ2n) is 6.37. The van der Waals surface area contributed by atoms with E-state index >= 15 is 0 Å². The van der Waals surface area contributed by atoms with Gasteiger partial charge in [-0.1, -0.05) is 12.8 Å². The molecule has 0 spiro atoms. The van der Waals surface area contributed by atoms with Crippen molar-refractivity contribution >= 4 is 11.6 Å². The summed E-state index contributed by atoms with van der Waals surface area (Å²) in [5.74, 6) is 0.594. The van der Waals surface area contributed by atoms with Gasteiger partial charge >= 0.3 is 5.69 Å². The Balaban J connectivity index is 1.42. The van der Waals surface area contributed by atoms with Gasteiger partial charge in [0.25, 0.3) is 0 Å². The van der Waals surface area contributed by atoms with E-state index in [9.17, 15) is 14.9 Å². The molecule has 1 saturated heterocycles. The molecule has 1 saturated carbocycles. The van der Waals surface area contributed by atoms with Crippen molar-refractivity contribution in [2.75, 3.05) is 32.7 Å². The Hall–Kier alpha value is -1.96. The maximum Gasteiger partial charge on any atom is 0.306 e. The Bertz CT molecular complexity index is 559. The second kappa shape index (κ2) is 7.08. The van der Waals surface area contributed by atoms with Crippen LogP contribution in [0.25, 0.3) is 0 Å². The van der Waals surface area contributed by atoms with Gasteiger partial charge in [0.05, 0.1) is 11.5 Å². The monoisotopic (exact) mass is 321 g/mol. The van der Waals surface area contributed by atoms with Gasteiger partial charge in [0.2, 0.25) is 5.91 Å². The van der Waals surface area contributed by atoms with Crippen LogP contribution in [0.3, 0.4) is 0 Å². The third-order valence-electron chi connectivity index (χ3n) is 4.86. The van der Waals surface area contributed by atoms with Crippen LogP contribution in [0.5, 0.6) is 0 Å². The van der Waals surface area contributed by atoms with Gasteiger partial charge in [-0.3, -0.25) is 24.5 Å². The molecular formula is C15H23N5O3. The quantitative estimate of drug-likeness (QED) is 0.599. The molecule has 0 radical (unpaired) electrons. The van der Waals surface area contributed by atoms with Crippen molar-refractivity contribution < 1.29 is 9.72 Å². The first kappa shape index (κ1) is 15.9. The van der Waals surface area contributed by atoms with Crippen molar-refractivity contribution in [1.29, 1.82) is 0 Å². The van der Waals surface area contributed by atoms with Gasteiger partial charge in [-0.25, -0.2) is 0 Å². The third kappa shape index (κ3) is 3.87. The SMILES string of the molecule is O=C(C1CCCC1)N1CCN(CCn2cc([N+](=O)[O-])cn2)CC1. The predicted octanol–water partition coefficient (Wildman–Crippen LogP) is 1.13. The molecule has 1 aromatic heterocycles. The van der Waals surface area contributed by atoms with Crippen molar-refractivity contribution in [3.8, 4) is 0 Å². The second-order valence-corrected chi connectivity index (χ2v) is 6.37. The van der Waals surface area contributed by atoms with E-state index < -0.39 is 4.92 Å². The molecule has 0 unspecified atom stereocenters. The Kier molecular flexibility index (Phi) is 4.90. The lowest BCUT2D eigenvalue weighted by Gasteiger charge is -2.35. The molecule has 0 aromatic carbocycles. The zero-order valence-corrected chi connectivity index (χ0v) is 13.3. The van der Waals surface area contributed by atoms with Gasteiger partial charge in [-0.2, -0.15) is 5.10 Å². The third-order valence-corrected chi connectivity index (χ3v) is 4.86. The summed E-state index contributed by atoms with van der Waals surface area (Å²) in [7, 11) is 0. The highest BCUT2D eigenvalue weighted by atomic mass is 16.6. The number of hydrogen-bond donors (Lipinski definition) is 0. The Morgan fingerprint density at radius 1 is 1.22 bits per heavy atom. The summed E-state index contributed by atoms with van der Waals surface area (Å²) in [5, 5.41) is 14.6. The molecule has 1 aliphatic carbocycles. The van der Waals surface area contributed by atoms with Gasteiger partial charge in [-0.15, -0.1) is 0 Å². The average molecular weight is 321 g/mol. The maximum atomic E-state index is 12.4. The highest BCUT2D eigenvalue weighted by Gasteiger charge is 2.29. The molecule has 0 atom stereocenters. The van der Waals surface area contributed by atoms with Crippen LogP contribution in [0.4, 0.5) is 5.69 Å². The maximum absolute atomic E-state index is 12.4. The number of nitro groups is 1. The van der Waals surface area contributed by atoms with E-state index in [0.717, 1.165) is 45.6 Å². The van der Waals surface area contributed by atoms with E-state index in [2.05, 4.69) is 10.00 Å². The van der Waals surface area contributed by atoms with E-state index in [1.807, 2.05) is 4.90 Å². The van der Waals surface area contributed by atoms with Gasteiger partial charge in [0, 0.05) is 38.6 Å². The van der Waals surface area contributed by atoms with E-state index in [4.69, 9.17) is 0 Å². The molecule has 1 aromatic rings. The Labute approximate surface area is 135 Å². The summed E-state index contributed by atoms with van der Waals surface area (Å²) in [6, 6.07) is 0. The van der Waals surface area contributed by atoms with Gasteiger partial charge in [0.15, 0.2) is 0 Å². The summed E-state index contributed by atoms with van der Waals surface area (Å²) in [5.41, 5.74) is 0.0250. The average Bonchev–Trinajstić information content (AvgIpc) is 3.24. The highest BCUT2D eigenvalue weighted by molar-refractivity contribution is 5.79. The van der Waals surface area contributed by atoms with Crippen LogP contribution in [0, 0.1) is 16.0 Å². The van der Waals surface area contributed by atoms with Gasteiger partial charge < -0.3 is 4.90 Å². The molecule has 1 amide bonds. The highest BCUT2D eigenvalue weighted by Crippen LogP contribution is 2.26. The lowest BCUT2D eigenvalue weighted by atomic mass is 10.1. The van der Waals surface area contributed by atoms with Crippen LogP contribution in [0.1, 0.15) is 25.7 Å². The first-order valence-corrected chi connectivity index (χ1v) is 8.31. The van der Waals surface area contributed by atoms with Crippen molar-refractivity contribution in [2.45, 2.75) is 32.2 Å². The molecular weight excluding hydrogens is 298 g/mol. The summed E-state index contributed by atoms with van der Waals surface area (Å²) in [6.07, 6.45) is 7.21. The topological polar surface area (TPSA) is 84.5 Å². The molecule has 2 heterocycles. The number of carbonyl (C=O) groups is 1. The number of hydrogen-bond acceptors (Lipinski definition) is 5. The molecule has 0 bridgehead atoms. The van der Waals surface area contributed by atoms with Crippen LogP contribution < -0.4 is 0 Å². The Morgan fingerprint density at radius 3 is 2.52 bits per heavy atom. The molecule has 0 N–H and O–H groups in total. The smallest absolute Gasteiger partial charge is 0.306 e. The van der Waals surface area contributed by atoms with E-state index in [1.165, 1.54) is 25.2 Å². The normalized spacial score (nSPS) is 20.1. The van der Waals surface area contributed by atoms with E-state index in [-0.39, 0.29) is 11.6 Å². The molecule has 2 fully saturated rings. The number of piperazine rings is 1. The van der Waals surface area contributed by atoms with Crippen LogP contribution in [0.15, 0.2) is 12.4 Å². The van der Waals surface area contributed by atoms with Crippen LogP contribution in [-0.2, 0) is 11.3 Å². The predicted molar refractivity (Wildman–Crippen MR) is 83.9 cm³/mol. The fraction of sp³-hybridized carbons (Fsp3) is 0.733. The van der Waals surface area contributed by atoms with Gasteiger partial charge in [-0.05, 0) is 12.8 Å². The van der Waals surface area contributed by atoms with Crippen molar-refractivity contribution in [3.05, 3.63) is 22.5 Å². The number of carbonyl (C=O) groups excluding carboxylic acids is 1. The number of amides is 1. The van der Waals surface area contributed by atoms with Crippen molar-refractivity contribution in [3.63, 3.8) is 0 Å². The lowest BCUT2D eigenvalue weighted by Crippen LogP contribution is -2.50. The fourth-order valence-corrected chi connectivity index (χ4v) is 3.44. The number of nitrogens with zero attached hydrogens (tertiary/aromatic N) is 5. The molecule has 8 nitrogen and oxygen atoms in total. The largest absolute Gasteiger partial charge is 0.340 e.